The third kappa shape index (κ3) is 5.09. The summed E-state index contributed by atoms with van der Waals surface area (Å²) in [6.07, 6.45) is 0.118. The maximum atomic E-state index is 10.9. The van der Waals surface area contributed by atoms with Gasteiger partial charge in [0.25, 0.3) is 0 Å². The van der Waals surface area contributed by atoms with Gasteiger partial charge in [0.1, 0.15) is 0 Å². The molecule has 0 rings (SSSR count). The lowest BCUT2D eigenvalue weighted by Crippen LogP contribution is -2.29. The molecule has 0 aliphatic heterocycles. The van der Waals surface area contributed by atoms with Crippen molar-refractivity contribution in [1.29, 1.82) is 0 Å². The van der Waals surface area contributed by atoms with E-state index in [1.165, 1.54) is 6.92 Å². The molecule has 0 saturated heterocycles. The van der Waals surface area contributed by atoms with Gasteiger partial charge in [-0.05, 0) is 20.3 Å². The zero-order valence-corrected chi connectivity index (χ0v) is 7.54. The fraction of sp³-hybridized carbons (Fsp3) is 0.875. The highest BCUT2D eigenvalue weighted by Crippen LogP contribution is 2.14. The number of hydrogen-bond acceptors (Lipinski definition) is 4. The van der Waals surface area contributed by atoms with Crippen LogP contribution >= 0.6 is 0 Å². The molecule has 0 radical (unpaired) electrons. The Bertz CT molecular complexity index is 142. The van der Waals surface area contributed by atoms with Crippen molar-refractivity contribution in [2.24, 2.45) is 0 Å². The van der Waals surface area contributed by atoms with E-state index in [1.807, 2.05) is 0 Å². The van der Waals surface area contributed by atoms with Crippen LogP contribution in [0.2, 0.25) is 0 Å². The van der Waals surface area contributed by atoms with Crippen LogP contribution in [0.15, 0.2) is 0 Å². The van der Waals surface area contributed by atoms with E-state index in [0.717, 1.165) is 0 Å². The summed E-state index contributed by atoms with van der Waals surface area (Å²) in [6.45, 7) is 3.39. The molecule has 1 atom stereocenters. The van der Waals surface area contributed by atoms with Gasteiger partial charge in [0.05, 0.1) is 18.6 Å². The molecule has 0 spiro atoms. The Labute approximate surface area is 72.2 Å². The molecule has 4 heteroatoms. The number of aliphatic hydroxyl groups is 2. The number of esters is 1. The summed E-state index contributed by atoms with van der Waals surface area (Å²) in [6, 6.07) is 0. The highest BCUT2D eigenvalue weighted by Gasteiger charge is 2.24. The Kier molecular flexibility index (Phi) is 4.85. The van der Waals surface area contributed by atoms with Gasteiger partial charge >= 0.3 is 5.97 Å². The first-order valence-corrected chi connectivity index (χ1v) is 4.00. The summed E-state index contributed by atoms with van der Waals surface area (Å²) >= 11 is 0. The number of carbonyl (C=O) groups excluding carboxylic acids is 1. The minimum absolute atomic E-state index is 0.0681. The first-order chi connectivity index (χ1) is 5.52. The van der Waals surface area contributed by atoms with E-state index in [9.17, 15) is 9.90 Å². The highest BCUT2D eigenvalue weighted by atomic mass is 16.5. The smallest absolute Gasteiger partial charge is 0.308 e. The third-order valence-corrected chi connectivity index (χ3v) is 1.48. The predicted molar refractivity (Wildman–Crippen MR) is 43.6 cm³/mol. The summed E-state index contributed by atoms with van der Waals surface area (Å²) in [5.74, 6) is -0.434. The van der Waals surface area contributed by atoms with E-state index in [0.29, 0.717) is 6.61 Å². The van der Waals surface area contributed by atoms with E-state index in [-0.39, 0.29) is 19.4 Å². The normalized spacial score (nSPS) is 15.3. The van der Waals surface area contributed by atoms with Crippen molar-refractivity contribution in [2.75, 3.05) is 13.2 Å². The standard InChI is InChI=1S/C8H16O4/c1-3-12-7(10)6-8(2,11)4-5-9/h9,11H,3-6H2,1-2H3/t8-/m1/s1. The molecule has 0 fully saturated rings. The Balaban J connectivity index is 3.79. The van der Waals surface area contributed by atoms with Crippen molar-refractivity contribution in [3.63, 3.8) is 0 Å². The Morgan fingerprint density at radius 1 is 1.58 bits per heavy atom. The Morgan fingerprint density at radius 3 is 2.58 bits per heavy atom. The molecule has 72 valence electrons. The molecule has 0 aliphatic rings. The maximum Gasteiger partial charge on any atom is 0.308 e. The summed E-state index contributed by atoms with van der Waals surface area (Å²) in [4.78, 5) is 10.9. The van der Waals surface area contributed by atoms with Crippen molar-refractivity contribution in [3.8, 4) is 0 Å². The monoisotopic (exact) mass is 176 g/mol. The van der Waals surface area contributed by atoms with Crippen LogP contribution in [0.3, 0.4) is 0 Å². The fourth-order valence-electron chi connectivity index (χ4n) is 0.852. The van der Waals surface area contributed by atoms with Crippen molar-refractivity contribution in [3.05, 3.63) is 0 Å². The first kappa shape index (κ1) is 11.4. The summed E-state index contributed by atoms with van der Waals surface area (Å²) in [7, 11) is 0. The van der Waals surface area contributed by atoms with E-state index >= 15 is 0 Å². The highest BCUT2D eigenvalue weighted by molar-refractivity contribution is 5.70. The second-order valence-corrected chi connectivity index (χ2v) is 2.95. The Morgan fingerprint density at radius 2 is 2.17 bits per heavy atom. The molecule has 4 nitrogen and oxygen atoms in total. The van der Waals surface area contributed by atoms with Gasteiger partial charge in [0, 0.05) is 6.61 Å². The average molecular weight is 176 g/mol. The van der Waals surface area contributed by atoms with Crippen molar-refractivity contribution >= 4 is 5.97 Å². The van der Waals surface area contributed by atoms with Crippen molar-refractivity contribution < 1.29 is 19.7 Å². The molecular formula is C8H16O4. The van der Waals surface area contributed by atoms with E-state index in [4.69, 9.17) is 5.11 Å². The largest absolute Gasteiger partial charge is 0.466 e. The van der Waals surface area contributed by atoms with Crippen molar-refractivity contribution in [1.82, 2.24) is 0 Å². The molecule has 0 saturated carbocycles. The summed E-state index contributed by atoms with van der Waals surface area (Å²) in [5, 5.41) is 18.0. The van der Waals surface area contributed by atoms with Crippen molar-refractivity contribution in [2.45, 2.75) is 32.3 Å². The quantitative estimate of drug-likeness (QED) is 0.582. The van der Waals surface area contributed by atoms with Gasteiger partial charge in [0.2, 0.25) is 0 Å². The molecule has 0 bridgehead atoms. The van der Waals surface area contributed by atoms with Gasteiger partial charge in [-0.2, -0.15) is 0 Å². The van der Waals surface area contributed by atoms with Crippen LogP contribution < -0.4 is 0 Å². The van der Waals surface area contributed by atoms with Crippen LogP contribution in [-0.4, -0.2) is 35.0 Å². The van der Waals surface area contributed by atoms with Gasteiger partial charge in [-0.15, -0.1) is 0 Å². The number of ether oxygens (including phenoxy) is 1. The van der Waals surface area contributed by atoms with Gasteiger partial charge in [-0.3, -0.25) is 4.79 Å². The van der Waals surface area contributed by atoms with Crippen LogP contribution in [0.5, 0.6) is 0 Å². The molecular weight excluding hydrogens is 160 g/mol. The second kappa shape index (κ2) is 5.11. The molecule has 12 heavy (non-hydrogen) atoms. The zero-order chi connectivity index (χ0) is 9.61. The van der Waals surface area contributed by atoms with Crippen LogP contribution in [0.4, 0.5) is 0 Å². The SMILES string of the molecule is CCOC(=O)C[C@](C)(O)CCO. The van der Waals surface area contributed by atoms with Crippen LogP contribution in [-0.2, 0) is 9.53 Å². The van der Waals surface area contributed by atoms with Crippen LogP contribution in [0.1, 0.15) is 26.7 Å². The fourth-order valence-corrected chi connectivity index (χ4v) is 0.852. The molecule has 0 heterocycles. The second-order valence-electron chi connectivity index (χ2n) is 2.95. The lowest BCUT2D eigenvalue weighted by molar-refractivity contribution is -0.148. The lowest BCUT2D eigenvalue weighted by atomic mass is 9.99. The third-order valence-electron chi connectivity index (χ3n) is 1.48. The topological polar surface area (TPSA) is 66.8 Å². The number of carbonyl (C=O) groups is 1. The molecule has 0 aromatic carbocycles. The number of hydrogen-bond donors (Lipinski definition) is 2. The predicted octanol–water partition coefficient (Wildman–Crippen LogP) is 0.0730. The van der Waals surface area contributed by atoms with Crippen LogP contribution in [0, 0.1) is 0 Å². The van der Waals surface area contributed by atoms with Gasteiger partial charge < -0.3 is 14.9 Å². The summed E-state index contributed by atoms with van der Waals surface area (Å²) in [5.41, 5.74) is -1.15. The minimum Gasteiger partial charge on any atom is -0.466 e. The minimum atomic E-state index is -1.15. The first-order valence-electron chi connectivity index (χ1n) is 4.00. The molecule has 0 aromatic rings. The molecule has 0 aliphatic carbocycles. The molecule has 2 N–H and O–H groups in total. The zero-order valence-electron chi connectivity index (χ0n) is 7.54. The van der Waals surface area contributed by atoms with E-state index in [1.54, 1.807) is 6.92 Å². The Hall–Kier alpha value is -0.610. The van der Waals surface area contributed by atoms with Gasteiger partial charge in [-0.1, -0.05) is 0 Å². The van der Waals surface area contributed by atoms with Gasteiger partial charge in [0.15, 0.2) is 0 Å². The number of aliphatic hydroxyl groups excluding tert-OH is 1. The lowest BCUT2D eigenvalue weighted by Gasteiger charge is -2.20. The molecule has 0 unspecified atom stereocenters. The van der Waals surface area contributed by atoms with E-state index in [2.05, 4.69) is 4.74 Å². The summed E-state index contributed by atoms with van der Waals surface area (Å²) < 4.78 is 4.64. The van der Waals surface area contributed by atoms with E-state index < -0.39 is 11.6 Å². The average Bonchev–Trinajstić information content (AvgIpc) is 1.85. The van der Waals surface area contributed by atoms with Crippen LogP contribution in [0.25, 0.3) is 0 Å². The molecule has 0 aromatic heterocycles. The van der Waals surface area contributed by atoms with Gasteiger partial charge in [-0.25, -0.2) is 0 Å². The maximum absolute atomic E-state index is 10.9. The number of rotatable bonds is 5. The molecule has 0 amide bonds.